The maximum Gasteiger partial charge on any atom is 0.309 e. The van der Waals surface area contributed by atoms with Crippen LogP contribution in [0.3, 0.4) is 0 Å². The van der Waals surface area contributed by atoms with E-state index in [1.165, 1.54) is 12.1 Å². The van der Waals surface area contributed by atoms with Crippen LogP contribution in [-0.2, 0) is 11.2 Å². The minimum atomic E-state index is -0.880. The number of fused-ring (bicyclic) bond motifs is 3. The monoisotopic (exact) mass is 387 g/mol. The molecule has 0 radical (unpaired) electrons. The third kappa shape index (κ3) is 3.19. The van der Waals surface area contributed by atoms with Crippen LogP contribution in [0.25, 0.3) is 0 Å². The van der Waals surface area contributed by atoms with Crippen molar-refractivity contribution in [2.24, 2.45) is 5.92 Å². The van der Waals surface area contributed by atoms with Crippen LogP contribution in [0.4, 0.5) is 17.1 Å². The van der Waals surface area contributed by atoms with Crippen LogP contribution in [0.2, 0.25) is 5.02 Å². The molecule has 2 aliphatic heterocycles. The van der Waals surface area contributed by atoms with Crippen LogP contribution in [-0.4, -0.2) is 41.7 Å². The van der Waals surface area contributed by atoms with Crippen LogP contribution < -0.4 is 9.80 Å². The molecule has 8 heteroatoms. The van der Waals surface area contributed by atoms with Crippen LogP contribution in [0.15, 0.2) is 42.5 Å². The van der Waals surface area contributed by atoms with Crippen molar-refractivity contribution in [1.82, 2.24) is 0 Å². The Balaban J connectivity index is 1.68. The maximum absolute atomic E-state index is 11.9. The Morgan fingerprint density at radius 1 is 1.22 bits per heavy atom. The Hall–Kier alpha value is -2.80. The molecule has 1 fully saturated rings. The second-order valence-corrected chi connectivity index (χ2v) is 7.34. The van der Waals surface area contributed by atoms with Crippen molar-refractivity contribution in [3.63, 3.8) is 0 Å². The molecule has 1 N–H and O–H groups in total. The topological polar surface area (TPSA) is 86.9 Å². The highest BCUT2D eigenvalue weighted by atomic mass is 35.5. The molecule has 4 rings (SSSR count). The summed E-state index contributed by atoms with van der Waals surface area (Å²) in [5, 5.41) is 21.5. The summed E-state index contributed by atoms with van der Waals surface area (Å²) < 4.78 is 0. The summed E-state index contributed by atoms with van der Waals surface area (Å²) in [5.41, 5.74) is 2.59. The second kappa shape index (κ2) is 6.74. The zero-order chi connectivity index (χ0) is 19.1. The smallest absolute Gasteiger partial charge is 0.309 e. The van der Waals surface area contributed by atoms with Crippen LogP contribution in [0.5, 0.6) is 0 Å². The molecule has 0 aliphatic carbocycles. The van der Waals surface area contributed by atoms with Gasteiger partial charge in [-0.25, -0.2) is 0 Å². The highest BCUT2D eigenvalue weighted by Crippen LogP contribution is 2.38. The minimum absolute atomic E-state index is 0.00565. The molecular formula is C19H18ClN3O4. The van der Waals surface area contributed by atoms with E-state index < -0.39 is 16.8 Å². The number of piperazine rings is 1. The number of hydrogen-bond acceptors (Lipinski definition) is 5. The number of halogens is 1. The number of nitrogens with zero attached hydrogens (tertiary/aromatic N) is 3. The zero-order valence-electron chi connectivity index (χ0n) is 14.4. The van der Waals surface area contributed by atoms with Gasteiger partial charge in [-0.3, -0.25) is 14.9 Å². The molecule has 0 amide bonds. The van der Waals surface area contributed by atoms with E-state index in [1.807, 2.05) is 24.3 Å². The van der Waals surface area contributed by atoms with Crippen molar-refractivity contribution in [3.8, 4) is 0 Å². The van der Waals surface area contributed by atoms with E-state index in [0.29, 0.717) is 18.1 Å². The average molecular weight is 388 g/mol. The van der Waals surface area contributed by atoms with Crippen molar-refractivity contribution in [2.45, 2.75) is 12.5 Å². The predicted molar refractivity (Wildman–Crippen MR) is 103 cm³/mol. The number of nitro groups is 1. The number of carboxylic acids is 1. The molecule has 2 heterocycles. The van der Waals surface area contributed by atoms with Gasteiger partial charge in [0.15, 0.2) is 0 Å². The number of anilines is 2. The lowest BCUT2D eigenvalue weighted by Crippen LogP contribution is -2.60. The van der Waals surface area contributed by atoms with Gasteiger partial charge in [-0.1, -0.05) is 17.7 Å². The second-order valence-electron chi connectivity index (χ2n) is 6.91. The van der Waals surface area contributed by atoms with Crippen molar-refractivity contribution in [2.75, 3.05) is 29.4 Å². The lowest BCUT2D eigenvalue weighted by atomic mass is 9.83. The van der Waals surface area contributed by atoms with E-state index in [1.54, 1.807) is 6.07 Å². The first-order chi connectivity index (χ1) is 12.9. The number of aliphatic carboxylic acids is 1. The Morgan fingerprint density at radius 2 is 2.04 bits per heavy atom. The molecule has 2 atom stereocenters. The van der Waals surface area contributed by atoms with Gasteiger partial charge < -0.3 is 14.9 Å². The molecule has 0 bridgehead atoms. The van der Waals surface area contributed by atoms with Gasteiger partial charge in [0.1, 0.15) is 0 Å². The summed E-state index contributed by atoms with van der Waals surface area (Å²) in [5.74, 6) is -1.50. The summed E-state index contributed by atoms with van der Waals surface area (Å²) in [4.78, 5) is 26.8. The number of hydrogen-bond donors (Lipinski definition) is 1. The quantitative estimate of drug-likeness (QED) is 0.642. The van der Waals surface area contributed by atoms with Gasteiger partial charge in [-0.2, -0.15) is 0 Å². The Kier molecular flexibility index (Phi) is 4.39. The fraction of sp³-hybridized carbons (Fsp3) is 0.316. The molecule has 2 aliphatic rings. The first kappa shape index (κ1) is 17.6. The Labute approximate surface area is 160 Å². The first-order valence-electron chi connectivity index (χ1n) is 8.71. The number of nitro benzene ring substituents is 1. The van der Waals surface area contributed by atoms with E-state index >= 15 is 0 Å². The molecule has 140 valence electrons. The average Bonchev–Trinajstić information content (AvgIpc) is 2.66. The highest BCUT2D eigenvalue weighted by molar-refractivity contribution is 6.30. The van der Waals surface area contributed by atoms with Gasteiger partial charge in [0.05, 0.1) is 16.9 Å². The van der Waals surface area contributed by atoms with Crippen molar-refractivity contribution in [3.05, 3.63) is 63.2 Å². The number of benzene rings is 2. The summed E-state index contributed by atoms with van der Waals surface area (Å²) in [6.07, 6.45) is 0.289. The molecule has 0 spiro atoms. The number of carbonyl (C=O) groups is 1. The van der Waals surface area contributed by atoms with Gasteiger partial charge in [-0.15, -0.1) is 0 Å². The number of carboxylic acid groups (broad SMARTS) is 1. The van der Waals surface area contributed by atoms with Crippen molar-refractivity contribution >= 4 is 34.6 Å². The van der Waals surface area contributed by atoms with Crippen molar-refractivity contribution in [1.29, 1.82) is 0 Å². The summed E-state index contributed by atoms with van der Waals surface area (Å²) in [7, 11) is 0. The minimum Gasteiger partial charge on any atom is -0.481 e. The standard InChI is InChI=1S/C19H18ClN3O4/c20-13-2-1-3-14(10-13)21-6-7-22-17-5-4-15(23(26)27)8-12(17)9-16(19(24)25)18(22)11-21/h1-5,8,10,16,18H,6-7,9,11H2,(H,24,25). The van der Waals surface area contributed by atoms with Gasteiger partial charge in [-0.05, 0) is 36.2 Å². The van der Waals surface area contributed by atoms with E-state index in [4.69, 9.17) is 11.6 Å². The summed E-state index contributed by atoms with van der Waals surface area (Å²) in [6, 6.07) is 12.1. The molecule has 0 aromatic heterocycles. The molecule has 27 heavy (non-hydrogen) atoms. The molecule has 2 unspecified atom stereocenters. The third-order valence-corrected chi connectivity index (χ3v) is 5.63. The van der Waals surface area contributed by atoms with Crippen LogP contribution in [0, 0.1) is 16.0 Å². The highest BCUT2D eigenvalue weighted by Gasteiger charge is 2.42. The lowest BCUT2D eigenvalue weighted by molar-refractivity contribution is -0.384. The van der Waals surface area contributed by atoms with Gasteiger partial charge in [0, 0.05) is 48.2 Å². The largest absolute Gasteiger partial charge is 0.481 e. The van der Waals surface area contributed by atoms with Gasteiger partial charge in [0.2, 0.25) is 0 Å². The SMILES string of the molecule is O=C(O)C1Cc2cc([N+](=O)[O-])ccc2N2CCN(c3cccc(Cl)c3)CC12. The molecule has 0 saturated carbocycles. The summed E-state index contributed by atoms with van der Waals surface area (Å²) >= 11 is 6.10. The van der Waals surface area contributed by atoms with Crippen LogP contribution in [0.1, 0.15) is 5.56 Å². The zero-order valence-corrected chi connectivity index (χ0v) is 15.2. The Bertz CT molecular complexity index is 920. The van der Waals surface area contributed by atoms with Crippen LogP contribution >= 0.6 is 11.6 Å². The molecular weight excluding hydrogens is 370 g/mol. The fourth-order valence-corrected chi connectivity index (χ4v) is 4.30. The molecule has 2 aromatic carbocycles. The van der Waals surface area contributed by atoms with E-state index in [2.05, 4.69) is 9.80 Å². The normalized spacial score (nSPS) is 21.4. The Morgan fingerprint density at radius 3 is 2.74 bits per heavy atom. The molecule has 7 nitrogen and oxygen atoms in total. The lowest BCUT2D eigenvalue weighted by Gasteiger charge is -2.49. The van der Waals surface area contributed by atoms with Gasteiger partial charge in [0.25, 0.3) is 5.69 Å². The van der Waals surface area contributed by atoms with Crippen molar-refractivity contribution < 1.29 is 14.8 Å². The predicted octanol–water partition coefficient (Wildman–Crippen LogP) is 3.20. The van der Waals surface area contributed by atoms with E-state index in [-0.39, 0.29) is 18.2 Å². The molecule has 1 saturated heterocycles. The molecule has 2 aromatic rings. The first-order valence-corrected chi connectivity index (χ1v) is 9.09. The van der Waals surface area contributed by atoms with Gasteiger partial charge >= 0.3 is 5.97 Å². The summed E-state index contributed by atoms with van der Waals surface area (Å²) in [6.45, 7) is 1.93. The van der Waals surface area contributed by atoms with E-state index in [9.17, 15) is 20.0 Å². The van der Waals surface area contributed by atoms with E-state index in [0.717, 1.165) is 23.5 Å². The fourth-order valence-electron chi connectivity index (χ4n) is 4.11. The number of rotatable bonds is 3. The number of non-ortho nitro benzene ring substituents is 1. The third-order valence-electron chi connectivity index (χ3n) is 5.40. The maximum atomic E-state index is 11.9.